The maximum absolute atomic E-state index is 12.5. The molecule has 0 saturated carbocycles. The molecular weight excluding hydrogens is 306 g/mol. The number of benzene rings is 1. The number of pyridine rings is 1. The Hall–Kier alpha value is -2.89. The second-order valence-electron chi connectivity index (χ2n) is 5.55. The number of aromatic nitrogens is 1. The van der Waals surface area contributed by atoms with Crippen molar-refractivity contribution in [1.29, 1.82) is 0 Å². The Bertz CT molecular complexity index is 691. The molecule has 1 aromatic heterocycles. The van der Waals surface area contributed by atoms with Crippen molar-refractivity contribution in [2.45, 2.75) is 6.42 Å². The number of hydrogen-bond acceptors (Lipinski definition) is 4. The molecule has 0 bridgehead atoms. The first-order chi connectivity index (χ1) is 11.7. The van der Waals surface area contributed by atoms with Crippen LogP contribution in [0.4, 0.5) is 4.79 Å². The first-order valence-corrected chi connectivity index (χ1v) is 7.95. The summed E-state index contributed by atoms with van der Waals surface area (Å²) < 4.78 is 5.37. The minimum atomic E-state index is -0.376. The van der Waals surface area contributed by atoms with E-state index < -0.39 is 0 Å². The highest BCUT2D eigenvalue weighted by Gasteiger charge is 2.23. The number of amides is 2. The molecule has 0 unspecified atom stereocenters. The van der Waals surface area contributed by atoms with Gasteiger partial charge in [0.15, 0.2) is 0 Å². The first-order valence-electron chi connectivity index (χ1n) is 7.95. The fourth-order valence-corrected chi connectivity index (χ4v) is 2.63. The molecule has 6 nitrogen and oxygen atoms in total. The number of carbonyl (C=O) groups excluding carboxylic acids is 2. The normalized spacial score (nSPS) is 14.8. The van der Waals surface area contributed by atoms with Gasteiger partial charge in [0, 0.05) is 44.1 Å². The number of carbonyl (C=O) groups is 2. The molecule has 3 rings (SSSR count). The summed E-state index contributed by atoms with van der Waals surface area (Å²) >= 11 is 0. The molecule has 2 aromatic rings. The van der Waals surface area contributed by atoms with Crippen LogP contribution in [0.2, 0.25) is 0 Å². The summed E-state index contributed by atoms with van der Waals surface area (Å²) in [6, 6.07) is 12.4. The minimum absolute atomic E-state index is 0.0318. The fraction of sp³-hybridized carbons (Fsp3) is 0.278. The van der Waals surface area contributed by atoms with E-state index in [1.165, 1.54) is 0 Å². The molecule has 1 aliphatic rings. The van der Waals surface area contributed by atoms with Gasteiger partial charge in [-0.05, 0) is 30.7 Å². The monoisotopic (exact) mass is 325 g/mol. The highest BCUT2D eigenvalue weighted by atomic mass is 16.6. The van der Waals surface area contributed by atoms with Crippen LogP contribution in [0.15, 0.2) is 54.9 Å². The lowest BCUT2D eigenvalue weighted by Gasteiger charge is -2.21. The average molecular weight is 325 g/mol. The van der Waals surface area contributed by atoms with Crippen molar-refractivity contribution < 1.29 is 14.3 Å². The van der Waals surface area contributed by atoms with Gasteiger partial charge in [-0.2, -0.15) is 0 Å². The molecule has 1 aliphatic heterocycles. The van der Waals surface area contributed by atoms with Crippen molar-refractivity contribution in [2.75, 3.05) is 26.2 Å². The molecule has 1 saturated heterocycles. The Morgan fingerprint density at radius 1 is 0.875 bits per heavy atom. The van der Waals surface area contributed by atoms with Gasteiger partial charge in [0.1, 0.15) is 5.75 Å². The third kappa shape index (κ3) is 3.90. The number of rotatable bonds is 2. The first kappa shape index (κ1) is 16.0. The van der Waals surface area contributed by atoms with Crippen molar-refractivity contribution >= 4 is 12.0 Å². The summed E-state index contributed by atoms with van der Waals surface area (Å²) in [5.74, 6) is 0.493. The quantitative estimate of drug-likeness (QED) is 0.851. The Balaban J connectivity index is 1.59. The van der Waals surface area contributed by atoms with Crippen molar-refractivity contribution in [2.24, 2.45) is 0 Å². The SMILES string of the molecule is O=C(Oc1ccccc1)N1CCCN(C(=O)c2ccncc2)CC1. The van der Waals surface area contributed by atoms with Crippen LogP contribution in [0.25, 0.3) is 0 Å². The zero-order valence-corrected chi connectivity index (χ0v) is 13.3. The number of hydrogen-bond donors (Lipinski definition) is 0. The lowest BCUT2D eigenvalue weighted by Crippen LogP contribution is -2.38. The lowest BCUT2D eigenvalue weighted by atomic mass is 10.2. The van der Waals surface area contributed by atoms with Gasteiger partial charge >= 0.3 is 6.09 Å². The average Bonchev–Trinajstić information content (AvgIpc) is 2.89. The van der Waals surface area contributed by atoms with E-state index >= 15 is 0 Å². The third-order valence-corrected chi connectivity index (χ3v) is 3.92. The van der Waals surface area contributed by atoms with Gasteiger partial charge in [-0.3, -0.25) is 9.78 Å². The molecule has 24 heavy (non-hydrogen) atoms. The molecule has 0 N–H and O–H groups in total. The number of nitrogens with zero attached hydrogens (tertiary/aromatic N) is 3. The topological polar surface area (TPSA) is 62.7 Å². The van der Waals surface area contributed by atoms with E-state index in [0.717, 1.165) is 6.42 Å². The summed E-state index contributed by atoms with van der Waals surface area (Å²) in [6.07, 6.45) is 3.56. The Labute approximate surface area is 140 Å². The van der Waals surface area contributed by atoms with E-state index in [9.17, 15) is 9.59 Å². The Morgan fingerprint density at radius 3 is 2.29 bits per heavy atom. The molecule has 124 valence electrons. The zero-order chi connectivity index (χ0) is 16.8. The standard InChI is InChI=1S/C18H19N3O3/c22-17(15-7-9-19-10-8-15)20-11-4-12-21(14-13-20)18(23)24-16-5-2-1-3-6-16/h1-3,5-10H,4,11-14H2. The van der Waals surface area contributed by atoms with Gasteiger partial charge in [-0.25, -0.2) is 4.79 Å². The van der Waals surface area contributed by atoms with Crippen LogP contribution >= 0.6 is 0 Å². The van der Waals surface area contributed by atoms with Gasteiger partial charge < -0.3 is 14.5 Å². The van der Waals surface area contributed by atoms with Crippen molar-refractivity contribution in [1.82, 2.24) is 14.8 Å². The highest BCUT2D eigenvalue weighted by Crippen LogP contribution is 2.13. The Kier molecular flexibility index (Phi) is 5.05. The number of para-hydroxylation sites is 1. The zero-order valence-electron chi connectivity index (χ0n) is 13.3. The van der Waals surface area contributed by atoms with Crippen molar-refractivity contribution in [3.8, 4) is 5.75 Å². The van der Waals surface area contributed by atoms with Crippen LogP contribution in [0.5, 0.6) is 5.75 Å². The smallest absolute Gasteiger partial charge is 0.410 e. The summed E-state index contributed by atoms with van der Waals surface area (Å²) in [6.45, 7) is 2.15. The second kappa shape index (κ2) is 7.59. The van der Waals surface area contributed by atoms with Gasteiger partial charge in [0.25, 0.3) is 5.91 Å². The van der Waals surface area contributed by atoms with E-state index in [0.29, 0.717) is 37.5 Å². The van der Waals surface area contributed by atoms with Crippen LogP contribution in [-0.4, -0.2) is 53.0 Å². The molecular formula is C18H19N3O3. The maximum atomic E-state index is 12.5. The summed E-state index contributed by atoms with van der Waals surface area (Å²) in [5, 5.41) is 0. The predicted octanol–water partition coefficient (Wildman–Crippen LogP) is 2.43. The molecule has 0 radical (unpaired) electrons. The van der Waals surface area contributed by atoms with Gasteiger partial charge in [-0.15, -0.1) is 0 Å². The fourth-order valence-electron chi connectivity index (χ4n) is 2.63. The predicted molar refractivity (Wildman–Crippen MR) is 88.8 cm³/mol. The molecule has 0 aliphatic carbocycles. The summed E-state index contributed by atoms with van der Waals surface area (Å²) in [4.78, 5) is 32.1. The van der Waals surface area contributed by atoms with Crippen molar-refractivity contribution in [3.05, 3.63) is 60.4 Å². The van der Waals surface area contributed by atoms with Crippen LogP contribution in [0.3, 0.4) is 0 Å². The van der Waals surface area contributed by atoms with Gasteiger partial charge in [0.2, 0.25) is 0 Å². The van der Waals surface area contributed by atoms with Gasteiger partial charge in [-0.1, -0.05) is 18.2 Å². The Morgan fingerprint density at radius 2 is 1.54 bits per heavy atom. The van der Waals surface area contributed by atoms with E-state index in [2.05, 4.69) is 4.98 Å². The highest BCUT2D eigenvalue weighted by molar-refractivity contribution is 5.94. The van der Waals surface area contributed by atoms with Crippen LogP contribution in [0.1, 0.15) is 16.8 Å². The molecule has 0 atom stereocenters. The lowest BCUT2D eigenvalue weighted by molar-refractivity contribution is 0.0760. The van der Waals surface area contributed by atoms with Crippen molar-refractivity contribution in [3.63, 3.8) is 0 Å². The number of ether oxygens (including phenoxy) is 1. The maximum Gasteiger partial charge on any atom is 0.415 e. The van der Waals surface area contributed by atoms with E-state index in [1.54, 1.807) is 46.5 Å². The molecule has 6 heteroatoms. The van der Waals surface area contributed by atoms with Crippen LogP contribution in [0, 0.1) is 0 Å². The van der Waals surface area contributed by atoms with Gasteiger partial charge in [0.05, 0.1) is 0 Å². The van der Waals surface area contributed by atoms with E-state index in [4.69, 9.17) is 4.74 Å². The second-order valence-corrected chi connectivity index (χ2v) is 5.55. The largest absolute Gasteiger partial charge is 0.415 e. The van der Waals surface area contributed by atoms with Crippen LogP contribution in [-0.2, 0) is 0 Å². The molecule has 2 heterocycles. The van der Waals surface area contributed by atoms with E-state index in [-0.39, 0.29) is 12.0 Å². The third-order valence-electron chi connectivity index (χ3n) is 3.92. The molecule has 1 aromatic carbocycles. The molecule has 1 fully saturated rings. The van der Waals surface area contributed by atoms with E-state index in [1.807, 2.05) is 18.2 Å². The summed E-state index contributed by atoms with van der Waals surface area (Å²) in [5.41, 5.74) is 0.616. The molecule has 2 amide bonds. The van der Waals surface area contributed by atoms with Crippen LogP contribution < -0.4 is 4.74 Å². The summed E-state index contributed by atoms with van der Waals surface area (Å²) in [7, 11) is 0. The minimum Gasteiger partial charge on any atom is -0.410 e. The molecule has 0 spiro atoms.